The van der Waals surface area contributed by atoms with Crippen LogP contribution >= 0.6 is 11.6 Å². The molecule has 164 valence electrons. The number of carbonyl (C=O) groups excluding carboxylic acids is 1. The Labute approximate surface area is 188 Å². The topological polar surface area (TPSA) is 126 Å². The van der Waals surface area contributed by atoms with Gasteiger partial charge in [-0.3, -0.25) is 24.1 Å². The minimum atomic E-state index is -3.96. The minimum absolute atomic E-state index is 0.0659. The van der Waals surface area contributed by atoms with Gasteiger partial charge in [-0.1, -0.05) is 29.8 Å². The molecule has 0 fully saturated rings. The van der Waals surface area contributed by atoms with E-state index in [4.69, 9.17) is 11.6 Å². The van der Waals surface area contributed by atoms with Crippen LogP contribution in [-0.2, 0) is 17.1 Å². The van der Waals surface area contributed by atoms with Gasteiger partial charge in [-0.15, -0.1) is 0 Å². The van der Waals surface area contributed by atoms with Gasteiger partial charge in [0.15, 0.2) is 5.65 Å². The van der Waals surface area contributed by atoms with E-state index in [2.05, 4.69) is 20.1 Å². The molecule has 0 atom stereocenters. The first-order valence-electron chi connectivity index (χ1n) is 9.41. The van der Waals surface area contributed by atoms with Crippen LogP contribution in [0.2, 0.25) is 5.02 Å². The third kappa shape index (κ3) is 4.10. The van der Waals surface area contributed by atoms with Crippen molar-refractivity contribution in [1.82, 2.24) is 14.8 Å². The van der Waals surface area contributed by atoms with Crippen molar-refractivity contribution >= 4 is 49.9 Å². The number of amides is 1. The number of nitrogens with zero attached hydrogens (tertiary/aromatic N) is 2. The van der Waals surface area contributed by atoms with Crippen LogP contribution in [-0.4, -0.2) is 29.1 Å². The molecule has 4 rings (SSSR count). The number of aromatic amines is 1. The standard InChI is InChI=1S/C21H18ClN5O4S/c1-12-10-15(18-19(23-12)27(2)25-21(18)29)20(28)24-13-6-5-7-14(11-13)32(30,31)26-17-9-4-3-8-16(17)22/h3-11,26H,1-2H3,(H,24,28)(H,25,29). The number of carbonyl (C=O) groups is 1. The molecular weight excluding hydrogens is 454 g/mol. The van der Waals surface area contributed by atoms with E-state index in [0.29, 0.717) is 11.3 Å². The number of hydrogen-bond donors (Lipinski definition) is 3. The van der Waals surface area contributed by atoms with Gasteiger partial charge in [-0.2, -0.15) is 0 Å². The average molecular weight is 472 g/mol. The molecule has 0 radical (unpaired) electrons. The number of fused-ring (bicyclic) bond motifs is 1. The Morgan fingerprint density at radius 3 is 2.62 bits per heavy atom. The summed E-state index contributed by atoms with van der Waals surface area (Å²) >= 11 is 6.04. The van der Waals surface area contributed by atoms with Gasteiger partial charge in [-0.05, 0) is 43.3 Å². The highest BCUT2D eigenvalue weighted by Gasteiger charge is 2.20. The highest BCUT2D eigenvalue weighted by molar-refractivity contribution is 7.92. The maximum absolute atomic E-state index is 13.0. The minimum Gasteiger partial charge on any atom is -0.322 e. The van der Waals surface area contributed by atoms with E-state index >= 15 is 0 Å². The number of sulfonamides is 1. The molecule has 0 saturated heterocycles. The summed E-state index contributed by atoms with van der Waals surface area (Å²) in [4.78, 5) is 29.5. The Hall–Kier alpha value is -3.63. The van der Waals surface area contributed by atoms with Crippen LogP contribution in [0.5, 0.6) is 0 Å². The lowest BCUT2D eigenvalue weighted by atomic mass is 10.1. The fourth-order valence-electron chi connectivity index (χ4n) is 3.25. The van der Waals surface area contributed by atoms with Gasteiger partial charge in [0.2, 0.25) is 0 Å². The van der Waals surface area contributed by atoms with E-state index in [9.17, 15) is 18.0 Å². The van der Waals surface area contributed by atoms with E-state index in [-0.39, 0.29) is 32.2 Å². The Morgan fingerprint density at radius 2 is 1.88 bits per heavy atom. The summed E-state index contributed by atoms with van der Waals surface area (Å²) in [5.41, 5.74) is 1.07. The van der Waals surface area contributed by atoms with Crippen LogP contribution in [0.15, 0.2) is 64.3 Å². The monoisotopic (exact) mass is 471 g/mol. The molecule has 0 bridgehead atoms. The number of rotatable bonds is 5. The molecule has 11 heteroatoms. The van der Waals surface area contributed by atoms with E-state index in [1.165, 1.54) is 28.9 Å². The Kier molecular flexibility index (Phi) is 5.49. The van der Waals surface area contributed by atoms with E-state index in [1.54, 1.807) is 44.3 Å². The van der Waals surface area contributed by atoms with Crippen LogP contribution in [0.25, 0.3) is 11.0 Å². The third-order valence-electron chi connectivity index (χ3n) is 4.71. The van der Waals surface area contributed by atoms with Crippen molar-refractivity contribution in [2.45, 2.75) is 11.8 Å². The van der Waals surface area contributed by atoms with E-state index in [0.717, 1.165) is 0 Å². The highest BCUT2D eigenvalue weighted by Crippen LogP contribution is 2.25. The second kappa shape index (κ2) is 8.13. The SMILES string of the molecule is Cc1cc(C(=O)Nc2cccc(S(=O)(=O)Nc3ccccc3Cl)c2)c2c(=O)[nH]n(C)c2n1. The molecule has 32 heavy (non-hydrogen) atoms. The number of aromatic nitrogens is 3. The molecule has 0 unspecified atom stereocenters. The van der Waals surface area contributed by atoms with Gasteiger partial charge < -0.3 is 5.32 Å². The van der Waals surface area contributed by atoms with Gasteiger partial charge in [0.25, 0.3) is 21.5 Å². The first kappa shape index (κ1) is 21.6. The molecule has 2 aromatic heterocycles. The maximum atomic E-state index is 13.0. The molecule has 0 spiro atoms. The zero-order valence-corrected chi connectivity index (χ0v) is 18.6. The second-order valence-corrected chi connectivity index (χ2v) is 9.17. The third-order valence-corrected chi connectivity index (χ3v) is 6.40. The second-order valence-electron chi connectivity index (χ2n) is 7.08. The normalized spacial score (nSPS) is 11.5. The van der Waals surface area contributed by atoms with Crippen molar-refractivity contribution in [2.24, 2.45) is 7.05 Å². The summed E-state index contributed by atoms with van der Waals surface area (Å²) in [5.74, 6) is -0.564. The van der Waals surface area contributed by atoms with Crippen LogP contribution in [0.3, 0.4) is 0 Å². The number of benzene rings is 2. The molecular formula is C21H18ClN5O4S. The van der Waals surface area contributed by atoms with Crippen molar-refractivity contribution < 1.29 is 13.2 Å². The Morgan fingerprint density at radius 1 is 1.12 bits per heavy atom. The first-order valence-corrected chi connectivity index (χ1v) is 11.3. The van der Waals surface area contributed by atoms with Gasteiger partial charge in [0.05, 0.1) is 26.6 Å². The first-order chi connectivity index (χ1) is 15.2. The molecule has 0 saturated carbocycles. The smallest absolute Gasteiger partial charge is 0.274 e. The van der Waals surface area contributed by atoms with Crippen LogP contribution in [0, 0.1) is 6.92 Å². The summed E-state index contributed by atoms with van der Waals surface area (Å²) in [5, 5.41) is 5.64. The Balaban J connectivity index is 1.65. The summed E-state index contributed by atoms with van der Waals surface area (Å²) in [6, 6.07) is 13.7. The van der Waals surface area contributed by atoms with E-state index < -0.39 is 21.5 Å². The number of pyridine rings is 1. The summed E-state index contributed by atoms with van der Waals surface area (Å²) < 4.78 is 29.4. The van der Waals surface area contributed by atoms with Crippen molar-refractivity contribution in [3.8, 4) is 0 Å². The van der Waals surface area contributed by atoms with E-state index in [1.807, 2.05) is 0 Å². The maximum Gasteiger partial charge on any atom is 0.274 e. The van der Waals surface area contributed by atoms with Crippen molar-refractivity contribution in [3.63, 3.8) is 0 Å². The van der Waals surface area contributed by atoms with Crippen LogP contribution < -0.4 is 15.6 Å². The lowest BCUT2D eigenvalue weighted by Crippen LogP contribution is -2.17. The van der Waals surface area contributed by atoms with Gasteiger partial charge in [0, 0.05) is 18.4 Å². The summed E-state index contributed by atoms with van der Waals surface area (Å²) in [7, 11) is -2.33. The number of aryl methyl sites for hydroxylation is 2. The molecule has 9 nitrogen and oxygen atoms in total. The van der Waals surface area contributed by atoms with Crippen LogP contribution in [0.4, 0.5) is 11.4 Å². The van der Waals surface area contributed by atoms with Crippen LogP contribution in [0.1, 0.15) is 16.1 Å². The van der Waals surface area contributed by atoms with Crippen molar-refractivity contribution in [2.75, 3.05) is 10.0 Å². The predicted octanol–water partition coefficient (Wildman–Crippen LogP) is 3.28. The molecule has 0 aliphatic rings. The molecule has 2 aromatic carbocycles. The zero-order valence-electron chi connectivity index (χ0n) is 17.0. The highest BCUT2D eigenvalue weighted by atomic mass is 35.5. The molecule has 3 N–H and O–H groups in total. The summed E-state index contributed by atoms with van der Waals surface area (Å²) in [6.45, 7) is 1.71. The lowest BCUT2D eigenvalue weighted by molar-refractivity contribution is 0.102. The van der Waals surface area contributed by atoms with Gasteiger partial charge in [0.1, 0.15) is 0 Å². The number of H-pyrrole nitrogens is 1. The molecule has 0 aliphatic heterocycles. The lowest BCUT2D eigenvalue weighted by Gasteiger charge is -2.11. The Bertz CT molecular complexity index is 1520. The van der Waals surface area contributed by atoms with Crippen molar-refractivity contribution in [1.29, 1.82) is 0 Å². The molecule has 1 amide bonds. The number of para-hydroxylation sites is 1. The van der Waals surface area contributed by atoms with Gasteiger partial charge in [-0.25, -0.2) is 13.4 Å². The fraction of sp³-hybridized carbons (Fsp3) is 0.0952. The largest absolute Gasteiger partial charge is 0.322 e. The zero-order chi connectivity index (χ0) is 23.0. The molecule has 0 aliphatic carbocycles. The van der Waals surface area contributed by atoms with Gasteiger partial charge >= 0.3 is 0 Å². The number of nitrogens with one attached hydrogen (secondary N) is 3. The van der Waals surface area contributed by atoms with Crippen molar-refractivity contribution in [3.05, 3.63) is 81.2 Å². The number of hydrogen-bond acceptors (Lipinski definition) is 5. The fourth-order valence-corrected chi connectivity index (χ4v) is 4.61. The number of halogens is 1. The summed E-state index contributed by atoms with van der Waals surface area (Å²) in [6.07, 6.45) is 0. The number of anilines is 2. The molecule has 2 heterocycles. The molecule has 4 aromatic rings. The quantitative estimate of drug-likeness (QED) is 0.412. The average Bonchev–Trinajstić information content (AvgIpc) is 3.02. The predicted molar refractivity (Wildman–Crippen MR) is 123 cm³/mol.